The van der Waals surface area contributed by atoms with Crippen LogP contribution in [0.3, 0.4) is 0 Å². The van der Waals surface area contributed by atoms with E-state index in [0.29, 0.717) is 48.7 Å². The Labute approximate surface area is 198 Å². The molecule has 0 bridgehead atoms. The lowest BCUT2D eigenvalue weighted by molar-refractivity contribution is -0.151. The Bertz CT molecular complexity index is 1160. The molecular formula is C24H27NO8S. The van der Waals surface area contributed by atoms with Crippen LogP contribution >= 0.6 is 0 Å². The van der Waals surface area contributed by atoms with Crippen molar-refractivity contribution in [3.63, 3.8) is 0 Å². The number of esters is 2. The molecule has 0 atom stereocenters. The van der Waals surface area contributed by atoms with Crippen LogP contribution in [-0.2, 0) is 30.9 Å². The van der Waals surface area contributed by atoms with Crippen molar-refractivity contribution in [2.45, 2.75) is 30.8 Å². The molecule has 0 spiro atoms. The van der Waals surface area contributed by atoms with Crippen molar-refractivity contribution in [3.05, 3.63) is 53.6 Å². The first-order valence-electron chi connectivity index (χ1n) is 11.1. The first-order valence-corrected chi connectivity index (χ1v) is 12.6. The van der Waals surface area contributed by atoms with Gasteiger partial charge in [0.25, 0.3) is 0 Å². The Kier molecular flexibility index (Phi) is 7.38. The number of sulfonamides is 1. The van der Waals surface area contributed by atoms with E-state index in [1.165, 1.54) is 23.5 Å². The molecule has 1 saturated heterocycles. The molecule has 0 saturated carbocycles. The Morgan fingerprint density at radius 2 is 1.76 bits per heavy atom. The topological polar surface area (TPSA) is 108 Å². The number of piperidine rings is 1. The van der Waals surface area contributed by atoms with E-state index >= 15 is 0 Å². The lowest BCUT2D eigenvalue weighted by Gasteiger charge is -2.30. The maximum atomic E-state index is 13.1. The van der Waals surface area contributed by atoms with Gasteiger partial charge in [0, 0.05) is 25.6 Å². The molecule has 2 aliphatic rings. The van der Waals surface area contributed by atoms with E-state index in [-0.39, 0.29) is 36.5 Å². The largest absolute Gasteiger partial charge is 0.490 e. The Hall–Kier alpha value is -3.11. The second-order valence-electron chi connectivity index (χ2n) is 8.14. The van der Waals surface area contributed by atoms with Gasteiger partial charge >= 0.3 is 11.9 Å². The van der Waals surface area contributed by atoms with Crippen molar-refractivity contribution in [1.29, 1.82) is 0 Å². The van der Waals surface area contributed by atoms with E-state index < -0.39 is 16.0 Å². The van der Waals surface area contributed by atoms with E-state index in [9.17, 15) is 18.0 Å². The molecule has 0 unspecified atom stereocenters. The normalized spacial score (nSPS) is 17.0. The number of methoxy groups -OCH3 is 1. The fourth-order valence-electron chi connectivity index (χ4n) is 3.96. The summed E-state index contributed by atoms with van der Waals surface area (Å²) in [6.45, 7) is 1.46. The molecule has 2 aliphatic heterocycles. The zero-order valence-corrected chi connectivity index (χ0v) is 19.7. The van der Waals surface area contributed by atoms with Gasteiger partial charge in [0.1, 0.15) is 6.61 Å². The minimum absolute atomic E-state index is 0.0272. The summed E-state index contributed by atoms with van der Waals surface area (Å²) in [6.07, 6.45) is 1.47. The standard InChI is InChI=1S/C24H27NO8S/c1-30-23(26)19-5-2-4-17(14-19)16-33-24(27)18-8-10-25(11-9-18)34(28,29)20-6-7-21-22(15-20)32-13-3-12-31-21/h2,4-7,14-15,18H,3,8-13,16H2,1H3. The number of hydrogen-bond acceptors (Lipinski definition) is 8. The third-order valence-corrected chi connectivity index (χ3v) is 7.77. The molecule has 0 aromatic heterocycles. The fraction of sp³-hybridized carbons (Fsp3) is 0.417. The highest BCUT2D eigenvalue weighted by Gasteiger charge is 2.33. The molecule has 0 radical (unpaired) electrons. The summed E-state index contributed by atoms with van der Waals surface area (Å²) in [5.41, 5.74) is 1.05. The number of ether oxygens (including phenoxy) is 4. The van der Waals surface area contributed by atoms with E-state index in [1.807, 2.05) is 0 Å². The summed E-state index contributed by atoms with van der Waals surface area (Å²) >= 11 is 0. The predicted molar refractivity (Wildman–Crippen MR) is 121 cm³/mol. The number of benzene rings is 2. The SMILES string of the molecule is COC(=O)c1cccc(COC(=O)C2CCN(S(=O)(=O)c3ccc4c(c3)OCCCO4)CC2)c1. The van der Waals surface area contributed by atoms with Gasteiger partial charge in [-0.15, -0.1) is 0 Å². The molecule has 2 aromatic rings. The van der Waals surface area contributed by atoms with Gasteiger partial charge in [-0.05, 0) is 42.7 Å². The fourth-order valence-corrected chi connectivity index (χ4v) is 5.45. The highest BCUT2D eigenvalue weighted by Crippen LogP contribution is 2.34. The maximum absolute atomic E-state index is 13.1. The lowest BCUT2D eigenvalue weighted by atomic mass is 9.98. The van der Waals surface area contributed by atoms with Gasteiger partial charge < -0.3 is 18.9 Å². The first kappa shape index (κ1) is 24.0. The van der Waals surface area contributed by atoms with Crippen molar-refractivity contribution in [1.82, 2.24) is 4.31 Å². The first-order chi connectivity index (χ1) is 16.4. The number of nitrogens with zero attached hydrogens (tertiary/aromatic N) is 1. The van der Waals surface area contributed by atoms with Gasteiger partial charge in [0.15, 0.2) is 11.5 Å². The molecule has 10 heteroatoms. The van der Waals surface area contributed by atoms with Gasteiger partial charge in [-0.25, -0.2) is 13.2 Å². The van der Waals surface area contributed by atoms with E-state index in [4.69, 9.17) is 18.9 Å². The van der Waals surface area contributed by atoms with Crippen LogP contribution < -0.4 is 9.47 Å². The van der Waals surface area contributed by atoms with Gasteiger partial charge in [-0.2, -0.15) is 4.31 Å². The lowest BCUT2D eigenvalue weighted by Crippen LogP contribution is -2.40. The van der Waals surface area contributed by atoms with Crippen LogP contribution in [0.2, 0.25) is 0 Å². The average Bonchev–Trinajstić information content (AvgIpc) is 3.12. The van der Waals surface area contributed by atoms with E-state index in [2.05, 4.69) is 0 Å². The van der Waals surface area contributed by atoms with Crippen molar-refractivity contribution in [3.8, 4) is 11.5 Å². The second-order valence-corrected chi connectivity index (χ2v) is 10.1. The monoisotopic (exact) mass is 489 g/mol. The molecule has 2 aromatic carbocycles. The van der Waals surface area contributed by atoms with Crippen molar-refractivity contribution >= 4 is 22.0 Å². The van der Waals surface area contributed by atoms with Gasteiger partial charge in [0.05, 0.1) is 36.7 Å². The average molecular weight is 490 g/mol. The Morgan fingerprint density at radius 1 is 1.03 bits per heavy atom. The Morgan fingerprint density at radius 3 is 2.50 bits per heavy atom. The smallest absolute Gasteiger partial charge is 0.337 e. The quantitative estimate of drug-likeness (QED) is 0.570. The molecule has 0 N–H and O–H groups in total. The van der Waals surface area contributed by atoms with Crippen LogP contribution in [0.4, 0.5) is 0 Å². The molecule has 0 amide bonds. The number of hydrogen-bond donors (Lipinski definition) is 0. The van der Waals surface area contributed by atoms with Crippen molar-refractivity contribution in [2.24, 2.45) is 5.92 Å². The Balaban J connectivity index is 1.33. The van der Waals surface area contributed by atoms with Crippen LogP contribution in [0.25, 0.3) is 0 Å². The summed E-state index contributed by atoms with van der Waals surface area (Å²) < 4.78 is 49.0. The highest BCUT2D eigenvalue weighted by molar-refractivity contribution is 7.89. The van der Waals surface area contributed by atoms with Crippen LogP contribution in [-0.4, -0.2) is 58.1 Å². The summed E-state index contributed by atoms with van der Waals surface area (Å²) in [6, 6.07) is 11.3. The zero-order chi connectivity index (χ0) is 24.1. The molecule has 1 fully saturated rings. The van der Waals surface area contributed by atoms with Gasteiger partial charge in [-0.3, -0.25) is 4.79 Å². The predicted octanol–water partition coefficient (Wildman–Crippen LogP) is 2.78. The van der Waals surface area contributed by atoms with Crippen molar-refractivity contribution in [2.75, 3.05) is 33.4 Å². The molecule has 2 heterocycles. The van der Waals surface area contributed by atoms with Crippen LogP contribution in [0.5, 0.6) is 11.5 Å². The van der Waals surface area contributed by atoms with Crippen LogP contribution in [0.15, 0.2) is 47.4 Å². The van der Waals surface area contributed by atoms with Gasteiger partial charge in [-0.1, -0.05) is 12.1 Å². The number of carbonyl (C=O) groups excluding carboxylic acids is 2. The molecule has 0 aliphatic carbocycles. The number of fused-ring (bicyclic) bond motifs is 1. The third kappa shape index (κ3) is 5.34. The van der Waals surface area contributed by atoms with Gasteiger partial charge in [0.2, 0.25) is 10.0 Å². The third-order valence-electron chi connectivity index (χ3n) is 5.87. The summed E-state index contributed by atoms with van der Waals surface area (Å²) in [4.78, 5) is 24.3. The molecule has 4 rings (SSSR count). The number of rotatable bonds is 6. The highest BCUT2D eigenvalue weighted by atomic mass is 32.2. The summed E-state index contributed by atoms with van der Waals surface area (Å²) in [7, 11) is -2.42. The van der Waals surface area contributed by atoms with E-state index in [1.54, 1.807) is 30.3 Å². The molecular weight excluding hydrogens is 462 g/mol. The number of carbonyl (C=O) groups is 2. The molecule has 34 heavy (non-hydrogen) atoms. The van der Waals surface area contributed by atoms with E-state index in [0.717, 1.165) is 6.42 Å². The molecule has 9 nitrogen and oxygen atoms in total. The molecule has 182 valence electrons. The summed E-state index contributed by atoms with van der Waals surface area (Å²) in [5, 5.41) is 0. The minimum atomic E-state index is -3.73. The van der Waals surface area contributed by atoms with Crippen LogP contribution in [0, 0.1) is 5.92 Å². The zero-order valence-electron chi connectivity index (χ0n) is 18.9. The minimum Gasteiger partial charge on any atom is -0.490 e. The van der Waals surface area contributed by atoms with Crippen LogP contribution in [0.1, 0.15) is 35.2 Å². The summed E-state index contributed by atoms with van der Waals surface area (Å²) in [5.74, 6) is -0.270. The second kappa shape index (κ2) is 10.4. The van der Waals surface area contributed by atoms with Crippen molar-refractivity contribution < 1.29 is 37.0 Å². The maximum Gasteiger partial charge on any atom is 0.337 e.